The summed E-state index contributed by atoms with van der Waals surface area (Å²) in [5.41, 5.74) is 0.398. The summed E-state index contributed by atoms with van der Waals surface area (Å²) < 4.78 is 6.88. The molecule has 1 aromatic rings. The molecule has 0 saturated heterocycles. The molecule has 2 atom stereocenters. The number of ether oxygens (including phenoxy) is 1. The number of hydrogen-bond donors (Lipinski definition) is 3. The Morgan fingerprint density at radius 3 is 2.80 bits per heavy atom. The first-order chi connectivity index (χ1) is 11.8. The molecule has 0 aliphatic heterocycles. The van der Waals surface area contributed by atoms with Gasteiger partial charge in [0, 0.05) is 25.8 Å². The molecule has 1 aromatic heterocycles. The molecule has 3 N–H and O–H groups in total. The quantitative estimate of drug-likeness (QED) is 0.725. The van der Waals surface area contributed by atoms with Gasteiger partial charge < -0.3 is 20.7 Å². The van der Waals surface area contributed by atoms with Gasteiger partial charge in [-0.15, -0.1) is 0 Å². The zero-order valence-electron chi connectivity index (χ0n) is 15.5. The number of carbonyl (C=O) groups excluding carboxylic acids is 2. The minimum Gasteiger partial charge on any atom is -0.444 e. The fourth-order valence-corrected chi connectivity index (χ4v) is 2.96. The van der Waals surface area contributed by atoms with E-state index in [2.05, 4.69) is 21.0 Å². The summed E-state index contributed by atoms with van der Waals surface area (Å²) in [5.74, 6) is 0.254. The van der Waals surface area contributed by atoms with E-state index in [-0.39, 0.29) is 24.6 Å². The molecule has 1 heterocycles. The number of carbonyl (C=O) groups is 2. The summed E-state index contributed by atoms with van der Waals surface area (Å²) in [6.45, 7) is 6.33. The molecule has 0 bridgehead atoms. The van der Waals surface area contributed by atoms with Crippen molar-refractivity contribution in [2.75, 3.05) is 18.9 Å². The Balaban J connectivity index is 1.83. The second-order valence-corrected chi connectivity index (χ2v) is 7.42. The van der Waals surface area contributed by atoms with E-state index in [1.807, 2.05) is 27.0 Å². The van der Waals surface area contributed by atoms with Gasteiger partial charge in [0.1, 0.15) is 12.1 Å². The maximum absolute atomic E-state index is 11.8. The fraction of sp³-hybridized carbons (Fsp3) is 0.706. The van der Waals surface area contributed by atoms with Crippen molar-refractivity contribution in [1.82, 2.24) is 20.4 Å². The lowest BCUT2D eigenvalue weighted by Crippen LogP contribution is -2.38. The van der Waals surface area contributed by atoms with Crippen molar-refractivity contribution in [3.05, 3.63) is 12.4 Å². The summed E-state index contributed by atoms with van der Waals surface area (Å²) in [5, 5.41) is 13.1. The van der Waals surface area contributed by atoms with Crippen LogP contribution < -0.4 is 16.0 Å². The van der Waals surface area contributed by atoms with Crippen LogP contribution in [0.2, 0.25) is 0 Å². The summed E-state index contributed by atoms with van der Waals surface area (Å²) in [7, 11) is 1.60. The highest BCUT2D eigenvalue weighted by molar-refractivity contribution is 5.75. The van der Waals surface area contributed by atoms with E-state index in [1.54, 1.807) is 17.9 Å². The molecule has 1 aliphatic rings. The molecule has 8 nitrogen and oxygen atoms in total. The number of nitrogens with zero attached hydrogens (tertiary/aromatic N) is 2. The lowest BCUT2D eigenvalue weighted by Gasteiger charge is -2.23. The molecule has 1 fully saturated rings. The molecule has 0 aromatic carbocycles. The summed E-state index contributed by atoms with van der Waals surface area (Å²) in [6.07, 6.45) is 6.38. The molecular weight excluding hydrogens is 322 g/mol. The Bertz CT molecular complexity index is 593. The Morgan fingerprint density at radius 2 is 2.12 bits per heavy atom. The molecule has 8 heteroatoms. The number of anilines is 1. The first-order valence-electron chi connectivity index (χ1n) is 8.73. The SMILES string of the molecule is CNC(=O)Cn1cc(NC2CCCC2CNC(=O)OC(C)(C)C)cn1. The first-order valence-corrected chi connectivity index (χ1v) is 8.73. The summed E-state index contributed by atoms with van der Waals surface area (Å²) >= 11 is 0. The van der Waals surface area contributed by atoms with Gasteiger partial charge in [0.05, 0.1) is 11.9 Å². The van der Waals surface area contributed by atoms with E-state index >= 15 is 0 Å². The molecule has 140 valence electrons. The molecule has 2 unspecified atom stereocenters. The third-order valence-corrected chi connectivity index (χ3v) is 4.14. The van der Waals surface area contributed by atoms with Crippen LogP contribution in [0.4, 0.5) is 10.5 Å². The zero-order valence-corrected chi connectivity index (χ0v) is 15.5. The van der Waals surface area contributed by atoms with Gasteiger partial charge in [-0.3, -0.25) is 9.48 Å². The molecule has 1 aliphatic carbocycles. The smallest absolute Gasteiger partial charge is 0.407 e. The van der Waals surface area contributed by atoms with Crippen LogP contribution in [0.3, 0.4) is 0 Å². The highest BCUT2D eigenvalue weighted by Gasteiger charge is 2.28. The maximum atomic E-state index is 11.8. The Morgan fingerprint density at radius 1 is 1.36 bits per heavy atom. The molecule has 2 amide bonds. The predicted molar refractivity (Wildman–Crippen MR) is 95.3 cm³/mol. The highest BCUT2D eigenvalue weighted by Crippen LogP contribution is 2.28. The average molecular weight is 351 g/mol. The Labute approximate surface area is 148 Å². The van der Waals surface area contributed by atoms with Crippen molar-refractivity contribution < 1.29 is 14.3 Å². The molecule has 2 rings (SSSR count). The van der Waals surface area contributed by atoms with Crippen molar-refractivity contribution in [3.63, 3.8) is 0 Å². The first kappa shape index (κ1) is 19.1. The van der Waals surface area contributed by atoms with Gasteiger partial charge in [-0.1, -0.05) is 6.42 Å². The van der Waals surface area contributed by atoms with E-state index in [0.29, 0.717) is 12.5 Å². The number of hydrogen-bond acceptors (Lipinski definition) is 5. The predicted octanol–water partition coefficient (Wildman–Crippen LogP) is 1.73. The van der Waals surface area contributed by atoms with Crippen LogP contribution in [-0.2, 0) is 16.1 Å². The van der Waals surface area contributed by atoms with Crippen molar-refractivity contribution in [1.29, 1.82) is 0 Å². The number of alkyl carbamates (subject to hydrolysis) is 1. The average Bonchev–Trinajstić information content (AvgIpc) is 3.13. The third-order valence-electron chi connectivity index (χ3n) is 4.14. The van der Waals surface area contributed by atoms with Crippen LogP contribution in [-0.4, -0.2) is 47.0 Å². The monoisotopic (exact) mass is 351 g/mol. The largest absolute Gasteiger partial charge is 0.444 e. The number of aromatic nitrogens is 2. The van der Waals surface area contributed by atoms with Crippen LogP contribution in [0.25, 0.3) is 0 Å². The topological polar surface area (TPSA) is 97.3 Å². The van der Waals surface area contributed by atoms with Crippen molar-refractivity contribution in [2.24, 2.45) is 5.92 Å². The zero-order chi connectivity index (χ0) is 18.4. The highest BCUT2D eigenvalue weighted by atomic mass is 16.6. The van der Waals surface area contributed by atoms with Crippen molar-refractivity contribution in [2.45, 2.75) is 58.2 Å². The van der Waals surface area contributed by atoms with Crippen LogP contribution >= 0.6 is 0 Å². The Kier molecular flexibility index (Phi) is 6.27. The van der Waals surface area contributed by atoms with Gasteiger partial charge in [-0.2, -0.15) is 5.10 Å². The number of likely N-dealkylation sites (N-methyl/N-ethyl adjacent to an activating group) is 1. The molecule has 0 spiro atoms. The van der Waals surface area contributed by atoms with E-state index < -0.39 is 5.60 Å². The molecule has 0 radical (unpaired) electrons. The van der Waals surface area contributed by atoms with E-state index in [9.17, 15) is 9.59 Å². The molecule has 25 heavy (non-hydrogen) atoms. The Hall–Kier alpha value is -2.25. The van der Waals surface area contributed by atoms with Gasteiger partial charge in [0.25, 0.3) is 0 Å². The van der Waals surface area contributed by atoms with Crippen molar-refractivity contribution >= 4 is 17.7 Å². The summed E-state index contributed by atoms with van der Waals surface area (Å²) in [4.78, 5) is 23.2. The van der Waals surface area contributed by atoms with Gasteiger partial charge in [-0.25, -0.2) is 4.79 Å². The standard InChI is InChI=1S/C17H29N5O3/c1-17(2,3)25-16(24)19-8-12-6-5-7-14(12)21-13-9-20-22(10-13)11-15(23)18-4/h9-10,12,14,21H,5-8,11H2,1-4H3,(H,18,23)(H,19,24). The number of rotatable bonds is 6. The maximum Gasteiger partial charge on any atom is 0.407 e. The van der Waals surface area contributed by atoms with Crippen LogP contribution in [0, 0.1) is 5.92 Å². The van der Waals surface area contributed by atoms with Crippen molar-refractivity contribution in [3.8, 4) is 0 Å². The van der Waals surface area contributed by atoms with Gasteiger partial charge >= 0.3 is 6.09 Å². The lowest BCUT2D eigenvalue weighted by atomic mass is 10.0. The second kappa shape index (κ2) is 8.22. The lowest BCUT2D eigenvalue weighted by molar-refractivity contribution is -0.121. The third kappa shape index (κ3) is 6.28. The van der Waals surface area contributed by atoms with E-state index in [4.69, 9.17) is 4.74 Å². The minimum atomic E-state index is -0.489. The number of amides is 2. The van der Waals surface area contributed by atoms with E-state index in [0.717, 1.165) is 24.9 Å². The van der Waals surface area contributed by atoms with Gasteiger partial charge in [0.2, 0.25) is 5.91 Å². The second-order valence-electron chi connectivity index (χ2n) is 7.42. The van der Waals surface area contributed by atoms with Crippen LogP contribution in [0.5, 0.6) is 0 Å². The normalized spacial score (nSPS) is 20.2. The minimum absolute atomic E-state index is 0.0880. The van der Waals surface area contributed by atoms with E-state index in [1.165, 1.54) is 0 Å². The van der Waals surface area contributed by atoms with Gasteiger partial charge in [0.15, 0.2) is 0 Å². The summed E-state index contributed by atoms with van der Waals surface area (Å²) in [6, 6.07) is 0.271. The fourth-order valence-electron chi connectivity index (χ4n) is 2.96. The number of nitrogens with one attached hydrogen (secondary N) is 3. The van der Waals surface area contributed by atoms with Crippen LogP contribution in [0.1, 0.15) is 40.0 Å². The molecule has 1 saturated carbocycles. The van der Waals surface area contributed by atoms with Crippen LogP contribution in [0.15, 0.2) is 12.4 Å². The molecular formula is C17H29N5O3. The van der Waals surface area contributed by atoms with Gasteiger partial charge in [-0.05, 0) is 39.5 Å².